The van der Waals surface area contributed by atoms with Gasteiger partial charge in [0.2, 0.25) is 0 Å². The number of aliphatic hydroxyl groups excluding tert-OH is 1. The largest absolute Gasteiger partial charge is 0.491 e. The van der Waals surface area contributed by atoms with Crippen LogP contribution >= 0.6 is 0 Å². The van der Waals surface area contributed by atoms with Crippen LogP contribution in [0.4, 0.5) is 5.69 Å². The third-order valence-corrected chi connectivity index (χ3v) is 4.79. The van der Waals surface area contributed by atoms with E-state index in [2.05, 4.69) is 4.90 Å². The molecule has 0 spiro atoms. The van der Waals surface area contributed by atoms with Gasteiger partial charge in [-0.3, -0.25) is 0 Å². The molecule has 0 bridgehead atoms. The highest BCUT2D eigenvalue weighted by atomic mass is 16.5. The van der Waals surface area contributed by atoms with Crippen LogP contribution in [0.5, 0.6) is 5.75 Å². The zero-order valence-corrected chi connectivity index (χ0v) is 14.3. The van der Waals surface area contributed by atoms with Crippen molar-refractivity contribution < 1.29 is 14.9 Å². The van der Waals surface area contributed by atoms with Crippen molar-refractivity contribution >= 4 is 5.69 Å². The molecule has 0 aliphatic carbocycles. The fraction of sp³-hybridized carbons (Fsp3) is 0.400. The van der Waals surface area contributed by atoms with Crippen LogP contribution < -0.4 is 10.5 Å². The first-order valence-corrected chi connectivity index (χ1v) is 8.72. The Balaban J connectivity index is 1.44. The summed E-state index contributed by atoms with van der Waals surface area (Å²) in [7, 11) is 0. The average Bonchev–Trinajstić information content (AvgIpc) is 2.64. The van der Waals surface area contributed by atoms with Crippen LogP contribution in [0.25, 0.3) is 0 Å². The lowest BCUT2D eigenvalue weighted by Gasteiger charge is -2.39. The molecule has 3 rings (SSSR count). The summed E-state index contributed by atoms with van der Waals surface area (Å²) in [5.74, 6) is 0.699. The molecule has 0 amide bonds. The highest BCUT2D eigenvalue weighted by molar-refractivity contribution is 5.41. The number of likely N-dealkylation sites (tertiary alicyclic amines) is 1. The Hall–Kier alpha value is -2.08. The predicted molar refractivity (Wildman–Crippen MR) is 98.4 cm³/mol. The summed E-state index contributed by atoms with van der Waals surface area (Å²) in [6, 6.07) is 17.0. The van der Waals surface area contributed by atoms with Crippen molar-refractivity contribution in [3.8, 4) is 5.75 Å². The monoisotopic (exact) mass is 342 g/mol. The smallest absolute Gasteiger partial charge is 0.119 e. The van der Waals surface area contributed by atoms with Crippen LogP contribution in [0, 0.1) is 0 Å². The number of nitrogen functional groups attached to an aromatic ring is 1. The molecule has 1 atom stereocenters. The Bertz CT molecular complexity index is 652. The van der Waals surface area contributed by atoms with Gasteiger partial charge in [-0.25, -0.2) is 0 Å². The van der Waals surface area contributed by atoms with Gasteiger partial charge in [0, 0.05) is 25.3 Å². The van der Waals surface area contributed by atoms with Crippen LogP contribution in [-0.4, -0.2) is 47.5 Å². The highest BCUT2D eigenvalue weighted by Crippen LogP contribution is 2.32. The molecule has 0 radical (unpaired) electrons. The number of hydrogen-bond acceptors (Lipinski definition) is 5. The van der Waals surface area contributed by atoms with Gasteiger partial charge in [0.25, 0.3) is 0 Å². The van der Waals surface area contributed by atoms with Crippen molar-refractivity contribution in [3.63, 3.8) is 0 Å². The molecule has 1 heterocycles. The quantitative estimate of drug-likeness (QED) is 0.700. The number of aliphatic hydroxyl groups is 2. The highest BCUT2D eigenvalue weighted by Gasteiger charge is 2.34. The molecule has 0 aromatic heterocycles. The minimum atomic E-state index is -0.761. The maximum absolute atomic E-state index is 10.8. The first kappa shape index (κ1) is 17.7. The molecular weight excluding hydrogens is 316 g/mol. The fourth-order valence-corrected chi connectivity index (χ4v) is 3.25. The lowest BCUT2D eigenvalue weighted by Crippen LogP contribution is -2.46. The molecule has 25 heavy (non-hydrogen) atoms. The van der Waals surface area contributed by atoms with E-state index in [1.54, 1.807) is 24.3 Å². The summed E-state index contributed by atoms with van der Waals surface area (Å²) in [5.41, 5.74) is 6.54. The first-order valence-electron chi connectivity index (χ1n) is 8.72. The number of β-amino-alcohol motifs (C(OH)–C–C–N with tert-alkyl or cyclic N) is 1. The molecule has 5 heteroatoms. The number of nitrogens with zero attached hydrogens (tertiary/aromatic N) is 1. The Morgan fingerprint density at radius 2 is 1.68 bits per heavy atom. The maximum Gasteiger partial charge on any atom is 0.119 e. The number of anilines is 1. The second kappa shape index (κ2) is 7.87. The minimum absolute atomic E-state index is 0.239. The number of rotatable bonds is 6. The summed E-state index contributed by atoms with van der Waals surface area (Å²) in [6.07, 6.45) is 0.769. The van der Waals surface area contributed by atoms with E-state index in [0.29, 0.717) is 30.8 Å². The van der Waals surface area contributed by atoms with Gasteiger partial charge in [-0.1, -0.05) is 30.3 Å². The lowest BCUT2D eigenvalue weighted by molar-refractivity contribution is -0.0372. The Morgan fingerprint density at radius 3 is 2.32 bits per heavy atom. The molecular formula is C20H26N2O3. The van der Waals surface area contributed by atoms with Gasteiger partial charge in [0.1, 0.15) is 18.5 Å². The van der Waals surface area contributed by atoms with E-state index in [9.17, 15) is 10.2 Å². The van der Waals surface area contributed by atoms with Crippen LogP contribution in [0.15, 0.2) is 54.6 Å². The third kappa shape index (κ3) is 4.72. The summed E-state index contributed by atoms with van der Waals surface area (Å²) < 4.78 is 5.59. The normalized spacial score (nSPS) is 18.6. The van der Waals surface area contributed by atoms with Crippen LogP contribution in [0.1, 0.15) is 18.4 Å². The van der Waals surface area contributed by atoms with E-state index >= 15 is 0 Å². The number of ether oxygens (including phenoxy) is 1. The van der Waals surface area contributed by atoms with Crippen molar-refractivity contribution in [1.29, 1.82) is 0 Å². The summed E-state index contributed by atoms with van der Waals surface area (Å²) >= 11 is 0. The summed E-state index contributed by atoms with van der Waals surface area (Å²) in [5, 5.41) is 21.1. The Morgan fingerprint density at radius 1 is 1.04 bits per heavy atom. The van der Waals surface area contributed by atoms with Gasteiger partial charge in [-0.05, 0) is 42.7 Å². The molecule has 2 aromatic carbocycles. The van der Waals surface area contributed by atoms with E-state index in [0.717, 1.165) is 18.7 Å². The van der Waals surface area contributed by atoms with Crippen molar-refractivity contribution in [2.24, 2.45) is 0 Å². The van der Waals surface area contributed by atoms with Crippen LogP contribution in [-0.2, 0) is 5.60 Å². The zero-order chi connectivity index (χ0) is 17.7. The number of piperidine rings is 1. The zero-order valence-electron chi connectivity index (χ0n) is 14.3. The molecule has 1 aliphatic heterocycles. The topological polar surface area (TPSA) is 79.0 Å². The predicted octanol–water partition coefficient (Wildman–Crippen LogP) is 1.99. The molecule has 2 aromatic rings. The van der Waals surface area contributed by atoms with Gasteiger partial charge in [0.05, 0.1) is 5.60 Å². The summed E-state index contributed by atoms with van der Waals surface area (Å²) in [4.78, 5) is 2.18. The third-order valence-electron chi connectivity index (χ3n) is 4.79. The van der Waals surface area contributed by atoms with Crippen molar-refractivity contribution in [1.82, 2.24) is 4.90 Å². The summed E-state index contributed by atoms with van der Waals surface area (Å²) in [6.45, 7) is 2.29. The van der Waals surface area contributed by atoms with E-state index in [-0.39, 0.29) is 6.61 Å². The van der Waals surface area contributed by atoms with E-state index in [1.807, 2.05) is 30.3 Å². The first-order chi connectivity index (χ1) is 12.0. The molecule has 1 unspecified atom stereocenters. The second-order valence-corrected chi connectivity index (χ2v) is 6.73. The number of benzene rings is 2. The van der Waals surface area contributed by atoms with Crippen molar-refractivity contribution in [3.05, 3.63) is 60.2 Å². The average molecular weight is 342 g/mol. The van der Waals surface area contributed by atoms with Crippen molar-refractivity contribution in [2.75, 3.05) is 32.0 Å². The SMILES string of the molecule is Nc1ccc(OCC(O)CN2CCC(O)(c3ccccc3)CC2)cc1. The lowest BCUT2D eigenvalue weighted by atomic mass is 9.84. The van der Waals surface area contributed by atoms with Gasteiger partial charge in [0.15, 0.2) is 0 Å². The number of nitrogens with two attached hydrogens (primary N) is 1. The molecule has 1 fully saturated rings. The van der Waals surface area contributed by atoms with Crippen molar-refractivity contribution in [2.45, 2.75) is 24.5 Å². The van der Waals surface area contributed by atoms with Crippen LogP contribution in [0.2, 0.25) is 0 Å². The molecule has 5 nitrogen and oxygen atoms in total. The minimum Gasteiger partial charge on any atom is -0.491 e. The van der Waals surface area contributed by atoms with E-state index in [1.165, 1.54) is 0 Å². The van der Waals surface area contributed by atoms with Gasteiger partial charge in [-0.2, -0.15) is 0 Å². The van der Waals surface area contributed by atoms with Crippen LogP contribution in [0.3, 0.4) is 0 Å². The Labute approximate surface area is 148 Å². The Kier molecular flexibility index (Phi) is 5.58. The molecule has 1 saturated heterocycles. The van der Waals surface area contributed by atoms with E-state index < -0.39 is 11.7 Å². The maximum atomic E-state index is 10.8. The van der Waals surface area contributed by atoms with Gasteiger partial charge < -0.3 is 25.6 Å². The van der Waals surface area contributed by atoms with Gasteiger partial charge >= 0.3 is 0 Å². The number of hydrogen-bond donors (Lipinski definition) is 3. The standard InChI is InChI=1S/C20H26N2O3/c21-17-6-8-19(9-7-17)25-15-18(23)14-22-12-10-20(24,11-13-22)16-4-2-1-3-5-16/h1-9,18,23-24H,10-15,21H2. The molecule has 1 aliphatic rings. The molecule has 134 valence electrons. The van der Waals surface area contributed by atoms with E-state index in [4.69, 9.17) is 10.5 Å². The molecule has 0 saturated carbocycles. The second-order valence-electron chi connectivity index (χ2n) is 6.73. The van der Waals surface area contributed by atoms with Gasteiger partial charge in [-0.15, -0.1) is 0 Å². The molecule has 4 N–H and O–H groups in total. The fourth-order valence-electron chi connectivity index (χ4n) is 3.25.